The fourth-order valence-electron chi connectivity index (χ4n) is 2.13. The summed E-state index contributed by atoms with van der Waals surface area (Å²) in [5, 5.41) is 16.2. The Morgan fingerprint density at radius 2 is 2.22 bits per heavy atom. The van der Waals surface area contributed by atoms with Crippen molar-refractivity contribution < 1.29 is 0 Å². The molecule has 0 spiro atoms. The fraction of sp³-hybridized carbons (Fsp3) is 0.600. The Kier molecular flexibility index (Phi) is 3.03. The number of aromatic nitrogens is 6. The summed E-state index contributed by atoms with van der Waals surface area (Å²) in [6.45, 7) is 4.80. The summed E-state index contributed by atoms with van der Waals surface area (Å²) in [5.74, 6) is 1.01. The van der Waals surface area contributed by atoms with Gasteiger partial charge in [-0.3, -0.25) is 9.58 Å². The Labute approximate surface area is 104 Å². The topological polar surface area (TPSA) is 90.7 Å². The fourth-order valence-corrected chi connectivity index (χ4v) is 2.13. The molecule has 0 aromatic carbocycles. The normalized spacial score (nSPS) is 15.8. The van der Waals surface area contributed by atoms with Crippen LogP contribution in [-0.2, 0) is 26.2 Å². The number of hydrogen-bond donors (Lipinski definition) is 1. The molecule has 0 atom stereocenters. The lowest BCUT2D eigenvalue weighted by atomic mass is 10.3. The van der Waals surface area contributed by atoms with E-state index in [9.17, 15) is 0 Å². The molecule has 8 nitrogen and oxygen atoms in total. The predicted molar refractivity (Wildman–Crippen MR) is 63.2 cm³/mol. The zero-order chi connectivity index (χ0) is 12.4. The zero-order valence-electron chi connectivity index (χ0n) is 10.1. The molecule has 0 unspecified atom stereocenters. The molecule has 0 bridgehead atoms. The van der Waals surface area contributed by atoms with Crippen LogP contribution >= 0.6 is 0 Å². The van der Waals surface area contributed by atoms with Crippen molar-refractivity contribution in [2.45, 2.75) is 26.2 Å². The molecule has 2 N–H and O–H groups in total. The van der Waals surface area contributed by atoms with Crippen LogP contribution in [0.15, 0.2) is 12.5 Å². The second kappa shape index (κ2) is 4.83. The molecule has 96 valence electrons. The standard InChI is InChI=1S/C10H16N8/c11-1-2-18-6-9(13-15-18)5-16-3-4-17-8-12-14-10(17)7-16/h6,8H,1-5,7,11H2. The first kappa shape index (κ1) is 11.3. The molecule has 18 heavy (non-hydrogen) atoms. The van der Waals surface area contributed by atoms with Crippen LogP contribution in [0.1, 0.15) is 11.5 Å². The van der Waals surface area contributed by atoms with E-state index in [1.54, 1.807) is 11.0 Å². The second-order valence-corrected chi connectivity index (χ2v) is 4.41. The molecule has 3 heterocycles. The summed E-state index contributed by atoms with van der Waals surface area (Å²) >= 11 is 0. The van der Waals surface area contributed by atoms with Gasteiger partial charge in [0.1, 0.15) is 12.2 Å². The lowest BCUT2D eigenvalue weighted by molar-refractivity contribution is 0.206. The molecule has 0 saturated carbocycles. The predicted octanol–water partition coefficient (Wildman–Crippen LogP) is -1.16. The maximum absolute atomic E-state index is 5.48. The number of nitrogens with zero attached hydrogens (tertiary/aromatic N) is 7. The van der Waals surface area contributed by atoms with E-state index >= 15 is 0 Å². The highest BCUT2D eigenvalue weighted by molar-refractivity contribution is 4.96. The van der Waals surface area contributed by atoms with Gasteiger partial charge in [0.15, 0.2) is 0 Å². The van der Waals surface area contributed by atoms with E-state index < -0.39 is 0 Å². The molecule has 0 aliphatic carbocycles. The minimum absolute atomic E-state index is 0.579. The SMILES string of the molecule is NCCn1cc(CN2CCn3cnnc3C2)nn1. The zero-order valence-corrected chi connectivity index (χ0v) is 10.1. The Balaban J connectivity index is 1.63. The van der Waals surface area contributed by atoms with Crippen LogP contribution in [0.2, 0.25) is 0 Å². The molecular weight excluding hydrogens is 232 g/mol. The molecule has 0 amide bonds. The van der Waals surface area contributed by atoms with Crippen molar-refractivity contribution in [2.75, 3.05) is 13.1 Å². The average molecular weight is 248 g/mol. The van der Waals surface area contributed by atoms with Crippen molar-refractivity contribution in [1.82, 2.24) is 34.7 Å². The summed E-state index contributed by atoms with van der Waals surface area (Å²) in [6, 6.07) is 0. The van der Waals surface area contributed by atoms with Gasteiger partial charge in [0.2, 0.25) is 0 Å². The van der Waals surface area contributed by atoms with E-state index in [1.807, 2.05) is 6.20 Å². The van der Waals surface area contributed by atoms with E-state index in [0.29, 0.717) is 13.1 Å². The molecule has 1 aliphatic rings. The second-order valence-electron chi connectivity index (χ2n) is 4.41. The summed E-state index contributed by atoms with van der Waals surface area (Å²) in [5.41, 5.74) is 6.45. The number of fused-ring (bicyclic) bond motifs is 1. The molecule has 3 rings (SSSR count). The van der Waals surface area contributed by atoms with Gasteiger partial charge in [0.25, 0.3) is 0 Å². The highest BCUT2D eigenvalue weighted by Gasteiger charge is 2.18. The third-order valence-corrected chi connectivity index (χ3v) is 3.05. The van der Waals surface area contributed by atoms with Crippen LogP contribution in [0.4, 0.5) is 0 Å². The summed E-state index contributed by atoms with van der Waals surface area (Å²) in [7, 11) is 0. The van der Waals surface area contributed by atoms with Gasteiger partial charge in [0.05, 0.1) is 18.8 Å². The summed E-state index contributed by atoms with van der Waals surface area (Å²) < 4.78 is 3.86. The maximum atomic E-state index is 5.48. The van der Waals surface area contributed by atoms with Crippen molar-refractivity contribution in [3.05, 3.63) is 24.0 Å². The van der Waals surface area contributed by atoms with Gasteiger partial charge in [-0.1, -0.05) is 5.21 Å². The minimum Gasteiger partial charge on any atom is -0.329 e. The first-order valence-electron chi connectivity index (χ1n) is 6.03. The van der Waals surface area contributed by atoms with Crippen LogP contribution in [-0.4, -0.2) is 47.7 Å². The smallest absolute Gasteiger partial charge is 0.147 e. The Morgan fingerprint density at radius 1 is 1.28 bits per heavy atom. The number of nitrogens with two attached hydrogens (primary N) is 1. The van der Waals surface area contributed by atoms with Crippen LogP contribution in [0.25, 0.3) is 0 Å². The Bertz CT molecular complexity index is 515. The van der Waals surface area contributed by atoms with Crippen molar-refractivity contribution in [1.29, 1.82) is 0 Å². The lowest BCUT2D eigenvalue weighted by Gasteiger charge is -2.25. The van der Waals surface area contributed by atoms with Crippen molar-refractivity contribution >= 4 is 0 Å². The largest absolute Gasteiger partial charge is 0.329 e. The van der Waals surface area contributed by atoms with Gasteiger partial charge in [-0.25, -0.2) is 0 Å². The molecule has 0 fully saturated rings. The summed E-state index contributed by atoms with van der Waals surface area (Å²) in [4.78, 5) is 2.29. The van der Waals surface area contributed by atoms with Crippen LogP contribution in [0, 0.1) is 0 Å². The van der Waals surface area contributed by atoms with E-state index in [0.717, 1.165) is 37.7 Å². The van der Waals surface area contributed by atoms with Gasteiger partial charge in [-0.2, -0.15) is 0 Å². The molecular formula is C10H16N8. The van der Waals surface area contributed by atoms with E-state index in [2.05, 4.69) is 30.0 Å². The van der Waals surface area contributed by atoms with Crippen molar-refractivity contribution in [3.8, 4) is 0 Å². The minimum atomic E-state index is 0.579. The maximum Gasteiger partial charge on any atom is 0.147 e. The van der Waals surface area contributed by atoms with Crippen molar-refractivity contribution in [2.24, 2.45) is 5.73 Å². The Hall–Kier alpha value is -1.80. The molecule has 0 radical (unpaired) electrons. The van der Waals surface area contributed by atoms with Gasteiger partial charge in [-0.15, -0.1) is 15.3 Å². The van der Waals surface area contributed by atoms with Gasteiger partial charge in [0, 0.05) is 32.4 Å². The van der Waals surface area contributed by atoms with E-state index in [4.69, 9.17) is 5.73 Å². The monoisotopic (exact) mass is 248 g/mol. The highest BCUT2D eigenvalue weighted by atomic mass is 15.4. The van der Waals surface area contributed by atoms with Gasteiger partial charge in [-0.05, 0) is 0 Å². The van der Waals surface area contributed by atoms with Crippen LogP contribution in [0.3, 0.4) is 0 Å². The van der Waals surface area contributed by atoms with E-state index in [-0.39, 0.29) is 0 Å². The average Bonchev–Trinajstić information content (AvgIpc) is 2.98. The van der Waals surface area contributed by atoms with E-state index in [1.165, 1.54) is 0 Å². The first-order valence-corrected chi connectivity index (χ1v) is 6.03. The first-order chi connectivity index (χ1) is 8.85. The summed E-state index contributed by atoms with van der Waals surface area (Å²) in [6.07, 6.45) is 3.73. The van der Waals surface area contributed by atoms with Crippen molar-refractivity contribution in [3.63, 3.8) is 0 Å². The molecule has 2 aromatic heterocycles. The van der Waals surface area contributed by atoms with Crippen LogP contribution < -0.4 is 5.73 Å². The molecule has 0 saturated heterocycles. The van der Waals surface area contributed by atoms with Gasteiger partial charge < -0.3 is 10.3 Å². The molecule has 2 aromatic rings. The molecule has 8 heteroatoms. The quantitative estimate of drug-likeness (QED) is 0.734. The highest BCUT2D eigenvalue weighted by Crippen LogP contribution is 2.11. The Morgan fingerprint density at radius 3 is 3.11 bits per heavy atom. The molecule has 1 aliphatic heterocycles. The lowest BCUT2D eigenvalue weighted by Crippen LogP contribution is -2.33. The van der Waals surface area contributed by atoms with Gasteiger partial charge >= 0.3 is 0 Å². The number of hydrogen-bond acceptors (Lipinski definition) is 6. The third-order valence-electron chi connectivity index (χ3n) is 3.05. The number of rotatable bonds is 4. The van der Waals surface area contributed by atoms with Crippen LogP contribution in [0.5, 0.6) is 0 Å². The third kappa shape index (κ3) is 2.24.